The van der Waals surface area contributed by atoms with E-state index in [0.29, 0.717) is 11.5 Å². The molecule has 0 bridgehead atoms. The molecule has 2 fully saturated rings. The van der Waals surface area contributed by atoms with Gasteiger partial charge in [-0.2, -0.15) is 8.78 Å². The third kappa shape index (κ3) is 6.13. The molecule has 1 aliphatic heterocycles. The number of amides is 1. The molecule has 2 unspecified atom stereocenters. The Hall–Kier alpha value is -3.68. The number of nitrogens with zero attached hydrogens (tertiary/aromatic N) is 2. The fraction of sp³-hybridized carbons (Fsp3) is 0.355. The topological polar surface area (TPSA) is 104 Å². The summed E-state index contributed by atoms with van der Waals surface area (Å²) in [6.07, 6.45) is 5.94. The quantitative estimate of drug-likeness (QED) is 0.126. The summed E-state index contributed by atoms with van der Waals surface area (Å²) >= 11 is -2.94. The van der Waals surface area contributed by atoms with Gasteiger partial charge in [0.15, 0.2) is 0 Å². The molecule has 0 radical (unpaired) electrons. The lowest BCUT2D eigenvalue weighted by Gasteiger charge is -2.31. The Labute approximate surface area is 253 Å². The monoisotopic (exact) mass is 636 g/mol. The number of carboxylic acids is 1. The van der Waals surface area contributed by atoms with Gasteiger partial charge < -0.3 is 19.7 Å². The highest BCUT2D eigenvalue weighted by molar-refractivity contribution is 7.89. The van der Waals surface area contributed by atoms with Crippen LogP contribution in [0, 0.1) is 29.1 Å². The zero-order valence-electron chi connectivity index (χ0n) is 23.4. The van der Waals surface area contributed by atoms with Gasteiger partial charge in [0.25, 0.3) is 4.90 Å². The summed E-state index contributed by atoms with van der Waals surface area (Å²) in [4.78, 5) is 25.2. The van der Waals surface area contributed by atoms with Crippen LogP contribution in [0.3, 0.4) is 0 Å². The van der Waals surface area contributed by atoms with Crippen molar-refractivity contribution in [2.24, 2.45) is 0 Å². The lowest BCUT2D eigenvalue weighted by atomic mass is 9.84. The minimum Gasteiger partial charge on any atom is -0.593 e. The molecule has 1 aliphatic carbocycles. The van der Waals surface area contributed by atoms with Crippen molar-refractivity contribution in [2.75, 3.05) is 11.4 Å². The van der Waals surface area contributed by atoms with Crippen LogP contribution in [0.2, 0.25) is 0 Å². The van der Waals surface area contributed by atoms with Crippen molar-refractivity contribution in [1.82, 2.24) is 4.31 Å². The fourth-order valence-electron chi connectivity index (χ4n) is 5.90. The number of aromatic carboxylic acids is 1. The molecule has 5 rings (SSSR count). The maximum atomic E-state index is 14.5. The third-order valence-corrected chi connectivity index (χ3v) is 9.80. The Morgan fingerprint density at radius 2 is 1.48 bits per heavy atom. The second-order valence-corrected chi connectivity index (χ2v) is 12.3. The van der Waals surface area contributed by atoms with Gasteiger partial charge in [-0.05, 0) is 54.9 Å². The highest BCUT2D eigenvalue weighted by Crippen LogP contribution is 2.36. The molecule has 1 amide bonds. The average Bonchev–Trinajstić information content (AvgIpc) is 3.52. The number of anilines is 1. The van der Waals surface area contributed by atoms with Crippen LogP contribution in [0.4, 0.5) is 27.6 Å². The molecule has 3 aromatic carbocycles. The van der Waals surface area contributed by atoms with E-state index in [0.717, 1.165) is 47.7 Å². The molecule has 0 aromatic heterocycles. The van der Waals surface area contributed by atoms with Crippen molar-refractivity contribution in [3.63, 3.8) is 0 Å². The van der Waals surface area contributed by atoms with E-state index in [2.05, 4.69) is 0 Å². The van der Waals surface area contributed by atoms with Gasteiger partial charge in [0.2, 0.25) is 35.0 Å². The molecular formula is C31H29F5N2O5S. The van der Waals surface area contributed by atoms with Crippen LogP contribution < -0.4 is 4.90 Å². The predicted molar refractivity (Wildman–Crippen MR) is 151 cm³/mol. The lowest BCUT2D eigenvalue weighted by Crippen LogP contribution is -2.48. The number of hydrogen-bond acceptors (Lipinski definition) is 5. The van der Waals surface area contributed by atoms with Crippen LogP contribution in [0.15, 0.2) is 47.4 Å². The molecule has 44 heavy (non-hydrogen) atoms. The normalized spacial score (nSPS) is 18.4. The first-order valence-electron chi connectivity index (χ1n) is 14.2. The van der Waals surface area contributed by atoms with Crippen molar-refractivity contribution in [3.05, 3.63) is 88.2 Å². The number of halogens is 5. The molecule has 3 aromatic rings. The summed E-state index contributed by atoms with van der Waals surface area (Å²) in [5, 5.41) is 19.7. The lowest BCUT2D eigenvalue weighted by molar-refractivity contribution is -0.121. The number of carbonyl (C=O) groups excluding carboxylic acids is 1. The van der Waals surface area contributed by atoms with Gasteiger partial charge in [-0.3, -0.25) is 4.79 Å². The Morgan fingerprint density at radius 1 is 0.864 bits per heavy atom. The van der Waals surface area contributed by atoms with E-state index in [1.165, 1.54) is 17.4 Å². The van der Waals surface area contributed by atoms with E-state index < -0.39 is 74.6 Å². The average molecular weight is 637 g/mol. The molecular weight excluding hydrogens is 607 g/mol. The maximum Gasteiger partial charge on any atom is 0.339 e. The highest BCUT2D eigenvalue weighted by Gasteiger charge is 2.45. The SMILES string of the molecule is O=C(O)c1ccc(N(Cc2ccc(C3CCCCC3)cc2)C(=O)C2CCCN2[S+]([O-])c2c(F)c(F)c(F)c(F)c2F)cc1O. The third-order valence-electron chi connectivity index (χ3n) is 8.23. The zero-order chi connectivity index (χ0) is 31.7. The molecule has 2 aliphatic rings. The van der Waals surface area contributed by atoms with Crippen LogP contribution in [-0.2, 0) is 22.7 Å². The summed E-state index contributed by atoms with van der Waals surface area (Å²) in [7, 11) is 0. The summed E-state index contributed by atoms with van der Waals surface area (Å²) in [6.45, 7) is -0.217. The number of carboxylic acid groups (broad SMARTS) is 1. The summed E-state index contributed by atoms with van der Waals surface area (Å²) < 4.78 is 84.8. The Morgan fingerprint density at radius 3 is 2.07 bits per heavy atom. The first-order valence-corrected chi connectivity index (χ1v) is 15.3. The van der Waals surface area contributed by atoms with Crippen molar-refractivity contribution < 1.29 is 46.3 Å². The van der Waals surface area contributed by atoms with Crippen LogP contribution in [-0.4, -0.2) is 43.5 Å². The van der Waals surface area contributed by atoms with E-state index in [9.17, 15) is 46.3 Å². The zero-order valence-corrected chi connectivity index (χ0v) is 24.2. The Balaban J connectivity index is 1.48. The van der Waals surface area contributed by atoms with Gasteiger partial charge in [-0.1, -0.05) is 43.5 Å². The summed E-state index contributed by atoms with van der Waals surface area (Å²) in [6, 6.07) is 9.82. The van der Waals surface area contributed by atoms with E-state index in [-0.39, 0.29) is 31.6 Å². The second-order valence-electron chi connectivity index (χ2n) is 11.0. The fourth-order valence-corrected chi connectivity index (χ4v) is 7.34. The number of aromatic hydroxyl groups is 1. The van der Waals surface area contributed by atoms with Crippen molar-refractivity contribution in [2.45, 2.75) is 68.3 Å². The predicted octanol–water partition coefficient (Wildman–Crippen LogP) is 6.55. The van der Waals surface area contributed by atoms with Gasteiger partial charge in [0.1, 0.15) is 17.4 Å². The molecule has 234 valence electrons. The van der Waals surface area contributed by atoms with E-state index >= 15 is 0 Å². The number of carbonyl (C=O) groups is 2. The van der Waals surface area contributed by atoms with Crippen molar-refractivity contribution >= 4 is 28.9 Å². The van der Waals surface area contributed by atoms with E-state index in [1.807, 2.05) is 24.3 Å². The van der Waals surface area contributed by atoms with Crippen LogP contribution in [0.5, 0.6) is 5.75 Å². The molecule has 1 saturated heterocycles. The van der Waals surface area contributed by atoms with Gasteiger partial charge in [-0.15, -0.1) is 4.31 Å². The first kappa shape index (κ1) is 31.7. The van der Waals surface area contributed by atoms with Gasteiger partial charge in [-0.25, -0.2) is 18.0 Å². The number of hydrogen-bond donors (Lipinski definition) is 2. The Kier molecular flexibility index (Phi) is 9.47. The van der Waals surface area contributed by atoms with Crippen LogP contribution in [0.1, 0.15) is 72.3 Å². The van der Waals surface area contributed by atoms with E-state index in [4.69, 9.17) is 0 Å². The van der Waals surface area contributed by atoms with E-state index in [1.54, 1.807) is 0 Å². The van der Waals surface area contributed by atoms with Gasteiger partial charge in [0.05, 0.1) is 17.9 Å². The molecule has 0 spiro atoms. The minimum atomic E-state index is -2.94. The second kappa shape index (κ2) is 13.1. The van der Waals surface area contributed by atoms with Gasteiger partial charge in [0, 0.05) is 18.3 Å². The van der Waals surface area contributed by atoms with Crippen molar-refractivity contribution in [1.29, 1.82) is 0 Å². The largest absolute Gasteiger partial charge is 0.593 e. The molecule has 1 saturated carbocycles. The summed E-state index contributed by atoms with van der Waals surface area (Å²) in [5.74, 6) is -13.7. The van der Waals surface area contributed by atoms with Gasteiger partial charge >= 0.3 is 5.97 Å². The van der Waals surface area contributed by atoms with Crippen LogP contribution in [0.25, 0.3) is 0 Å². The maximum absolute atomic E-state index is 14.5. The Bertz CT molecular complexity index is 1540. The molecule has 2 N–H and O–H groups in total. The minimum absolute atomic E-state index is 0.0519. The smallest absolute Gasteiger partial charge is 0.339 e. The summed E-state index contributed by atoms with van der Waals surface area (Å²) in [5.41, 5.74) is 1.51. The highest BCUT2D eigenvalue weighted by atomic mass is 32.2. The molecule has 1 heterocycles. The van der Waals surface area contributed by atoms with Crippen molar-refractivity contribution in [3.8, 4) is 5.75 Å². The standard InChI is InChI=1S/C31H29F5N2O5S/c32-24-25(33)27(35)29(28(36)26(24)34)44(43)38-14-4-7-22(38)30(40)37(20-12-13-21(31(41)42)23(39)15-20)16-17-8-10-19(11-9-17)18-5-2-1-3-6-18/h8-13,15,18,22,39H,1-7,14,16H2,(H,41,42). The van der Waals surface area contributed by atoms with Crippen LogP contribution >= 0.6 is 0 Å². The number of rotatable bonds is 8. The first-order chi connectivity index (χ1) is 21.0. The number of phenols is 1. The number of benzene rings is 3. The molecule has 13 heteroatoms. The molecule has 2 atom stereocenters. The molecule has 7 nitrogen and oxygen atoms in total.